The molecule has 0 saturated carbocycles. The number of nitrogen functional groups attached to an aromatic ring is 1. The van der Waals surface area contributed by atoms with Gasteiger partial charge in [-0.05, 0) is 7.05 Å². The van der Waals surface area contributed by atoms with E-state index in [0.717, 1.165) is 6.07 Å². The third kappa shape index (κ3) is 4.58. The van der Waals surface area contributed by atoms with Gasteiger partial charge in [0.25, 0.3) is 0 Å². The molecule has 0 radical (unpaired) electrons. The van der Waals surface area contributed by atoms with Crippen molar-refractivity contribution in [2.75, 3.05) is 24.8 Å². The monoisotopic (exact) mass is 359 g/mol. The third-order valence-electron chi connectivity index (χ3n) is 2.26. The number of thiophene rings is 1. The number of nitrogens with zero attached hydrogens (tertiary/aromatic N) is 1. The van der Waals surface area contributed by atoms with Crippen molar-refractivity contribution in [1.82, 2.24) is 9.44 Å². The molecule has 0 aliphatic carbocycles. The van der Waals surface area contributed by atoms with E-state index in [0.29, 0.717) is 11.3 Å². The fourth-order valence-corrected chi connectivity index (χ4v) is 4.23. The van der Waals surface area contributed by atoms with E-state index >= 15 is 0 Å². The molecule has 0 amide bonds. The lowest BCUT2D eigenvalue weighted by molar-refractivity contribution is -0.383. The molecule has 0 fully saturated rings. The van der Waals surface area contributed by atoms with E-state index in [1.807, 2.05) is 14.9 Å². The first-order valence-electron chi connectivity index (χ1n) is 5.28. The smallest absolute Gasteiger partial charge is 0.306 e. The molecule has 0 spiro atoms. The molecule has 0 unspecified atom stereocenters. The summed E-state index contributed by atoms with van der Waals surface area (Å²) in [4.78, 5) is 9.94. The van der Waals surface area contributed by atoms with Gasteiger partial charge in [0.1, 0.15) is 4.21 Å². The predicted molar refractivity (Wildman–Crippen MR) is 76.8 cm³/mol. The molecule has 1 rings (SSSR count). The largest absolute Gasteiger partial charge is 0.310 e. The van der Waals surface area contributed by atoms with Gasteiger partial charge in [-0.15, -0.1) is 0 Å². The highest BCUT2D eigenvalue weighted by atomic mass is 32.2. The van der Waals surface area contributed by atoms with Crippen molar-refractivity contribution < 1.29 is 21.8 Å². The number of anilines is 1. The Morgan fingerprint density at radius 3 is 2.43 bits per heavy atom. The maximum absolute atomic E-state index is 11.9. The molecule has 0 aliphatic rings. The van der Waals surface area contributed by atoms with Gasteiger partial charge >= 0.3 is 5.69 Å². The van der Waals surface area contributed by atoms with Gasteiger partial charge in [0, 0.05) is 12.6 Å². The maximum atomic E-state index is 11.9. The molecule has 11 nitrogen and oxygen atoms in total. The number of nitrogens with one attached hydrogen (secondary N) is 3. The summed E-state index contributed by atoms with van der Waals surface area (Å²) in [6, 6.07) is 0.842. The highest BCUT2D eigenvalue weighted by molar-refractivity contribution is 7.92. The van der Waals surface area contributed by atoms with Crippen LogP contribution in [0.15, 0.2) is 10.3 Å². The fourth-order valence-electron chi connectivity index (χ4n) is 1.21. The normalized spacial score (nSPS) is 12.3. The van der Waals surface area contributed by atoms with Gasteiger partial charge in [-0.2, -0.15) is 0 Å². The van der Waals surface area contributed by atoms with Gasteiger partial charge in [-0.3, -0.25) is 10.1 Å². The standard InChI is InChI=1S/C7H13N5O6S3/c1-9-20(15,16)3-2-10-21(17,18)6-4-5(12(13)14)7(11-8)19-6/h4,9-11H,2-3,8H2,1H3. The van der Waals surface area contributed by atoms with Gasteiger partial charge in [0.2, 0.25) is 20.0 Å². The molecule has 120 valence electrons. The van der Waals surface area contributed by atoms with Crippen LogP contribution in [0.2, 0.25) is 0 Å². The average molecular weight is 359 g/mol. The lowest BCUT2D eigenvalue weighted by Crippen LogP contribution is -2.32. The van der Waals surface area contributed by atoms with Crippen LogP contribution in [0, 0.1) is 10.1 Å². The van der Waals surface area contributed by atoms with Crippen molar-refractivity contribution in [2.24, 2.45) is 5.84 Å². The average Bonchev–Trinajstić information content (AvgIpc) is 2.83. The van der Waals surface area contributed by atoms with E-state index in [2.05, 4.69) is 0 Å². The van der Waals surface area contributed by atoms with E-state index in [4.69, 9.17) is 5.84 Å². The van der Waals surface area contributed by atoms with Crippen molar-refractivity contribution in [3.8, 4) is 0 Å². The lowest BCUT2D eigenvalue weighted by Gasteiger charge is -2.04. The lowest BCUT2D eigenvalue weighted by atomic mass is 10.5. The van der Waals surface area contributed by atoms with Gasteiger partial charge in [-0.25, -0.2) is 32.1 Å². The van der Waals surface area contributed by atoms with Crippen LogP contribution in [-0.2, 0) is 20.0 Å². The zero-order valence-electron chi connectivity index (χ0n) is 10.7. The van der Waals surface area contributed by atoms with E-state index < -0.39 is 36.4 Å². The summed E-state index contributed by atoms with van der Waals surface area (Å²) >= 11 is 0.565. The summed E-state index contributed by atoms with van der Waals surface area (Å²) < 4.78 is 49.8. The Labute approximate surface area is 124 Å². The second-order valence-corrected chi connectivity index (χ2v) is 8.69. The van der Waals surface area contributed by atoms with Crippen molar-refractivity contribution in [3.05, 3.63) is 16.2 Å². The minimum atomic E-state index is -4.06. The number of hydrogen-bond donors (Lipinski definition) is 4. The first-order chi connectivity index (χ1) is 9.63. The second-order valence-electron chi connectivity index (χ2n) is 3.60. The highest BCUT2D eigenvalue weighted by Gasteiger charge is 2.26. The van der Waals surface area contributed by atoms with Crippen LogP contribution in [0.1, 0.15) is 0 Å². The Balaban J connectivity index is 2.91. The summed E-state index contributed by atoms with van der Waals surface area (Å²) in [7, 11) is -6.42. The Kier molecular flexibility index (Phi) is 5.60. The molecule has 14 heteroatoms. The number of nitrogens with two attached hydrogens (primary N) is 1. The van der Waals surface area contributed by atoms with Crippen LogP contribution in [0.5, 0.6) is 0 Å². The van der Waals surface area contributed by atoms with Crippen molar-refractivity contribution in [3.63, 3.8) is 0 Å². The van der Waals surface area contributed by atoms with Crippen LogP contribution < -0.4 is 20.7 Å². The molecule has 0 aromatic carbocycles. The molecule has 0 aliphatic heterocycles. The van der Waals surface area contributed by atoms with E-state index in [1.165, 1.54) is 7.05 Å². The van der Waals surface area contributed by atoms with Gasteiger partial charge in [0.05, 0.1) is 10.7 Å². The Hall–Kier alpha value is -1.32. The van der Waals surface area contributed by atoms with Crippen LogP contribution in [0.3, 0.4) is 0 Å². The third-order valence-corrected chi connectivity index (χ3v) is 6.61. The number of rotatable bonds is 8. The Bertz CT molecular complexity index is 724. The summed E-state index contributed by atoms with van der Waals surface area (Å²) in [5, 5.41) is 10.6. The maximum Gasteiger partial charge on any atom is 0.306 e. The van der Waals surface area contributed by atoms with Gasteiger partial charge in [0.15, 0.2) is 5.00 Å². The molecule has 1 heterocycles. The number of hydrogen-bond acceptors (Lipinski definition) is 9. The minimum absolute atomic E-state index is 0.122. The zero-order valence-corrected chi connectivity index (χ0v) is 13.1. The number of nitro groups is 1. The minimum Gasteiger partial charge on any atom is -0.310 e. The topological polar surface area (TPSA) is 174 Å². The summed E-state index contributed by atoms with van der Waals surface area (Å²) in [6.45, 7) is -0.372. The SMILES string of the molecule is CNS(=O)(=O)CCNS(=O)(=O)c1cc([N+](=O)[O-])c(NN)s1. The van der Waals surface area contributed by atoms with Crippen molar-refractivity contribution in [1.29, 1.82) is 0 Å². The Morgan fingerprint density at radius 1 is 1.38 bits per heavy atom. The molecule has 0 atom stereocenters. The molecule has 21 heavy (non-hydrogen) atoms. The predicted octanol–water partition coefficient (Wildman–Crippen LogP) is -1.23. The molecule has 1 aromatic rings. The number of sulfonamides is 2. The fraction of sp³-hybridized carbons (Fsp3) is 0.429. The summed E-state index contributed by atoms with van der Waals surface area (Å²) in [5.41, 5.74) is 1.56. The van der Waals surface area contributed by atoms with E-state index in [9.17, 15) is 26.9 Å². The van der Waals surface area contributed by atoms with Crippen LogP contribution in [-0.4, -0.2) is 41.1 Å². The summed E-state index contributed by atoms with van der Waals surface area (Å²) in [5.74, 6) is 4.61. The van der Waals surface area contributed by atoms with E-state index in [-0.39, 0.29) is 15.8 Å². The molecule has 1 aromatic heterocycles. The highest BCUT2D eigenvalue weighted by Crippen LogP contribution is 2.36. The van der Waals surface area contributed by atoms with E-state index in [1.54, 1.807) is 0 Å². The molecule has 0 bridgehead atoms. The van der Waals surface area contributed by atoms with Crippen LogP contribution >= 0.6 is 11.3 Å². The van der Waals surface area contributed by atoms with Crippen LogP contribution in [0.4, 0.5) is 10.7 Å². The number of hydrazine groups is 1. The van der Waals surface area contributed by atoms with Gasteiger partial charge < -0.3 is 5.43 Å². The first-order valence-corrected chi connectivity index (χ1v) is 9.24. The summed E-state index contributed by atoms with van der Waals surface area (Å²) in [6.07, 6.45) is 0. The zero-order chi connectivity index (χ0) is 16.3. The Morgan fingerprint density at radius 2 is 2.00 bits per heavy atom. The van der Waals surface area contributed by atoms with Crippen molar-refractivity contribution in [2.45, 2.75) is 4.21 Å². The molecule has 5 N–H and O–H groups in total. The molecule has 0 saturated heterocycles. The van der Waals surface area contributed by atoms with Gasteiger partial charge in [-0.1, -0.05) is 11.3 Å². The first kappa shape index (κ1) is 17.7. The van der Waals surface area contributed by atoms with Crippen LogP contribution in [0.25, 0.3) is 0 Å². The second kappa shape index (κ2) is 6.63. The molecular formula is C7H13N5O6S3. The molecular weight excluding hydrogens is 346 g/mol. The van der Waals surface area contributed by atoms with Crippen molar-refractivity contribution >= 4 is 42.1 Å². The quantitative estimate of drug-likeness (QED) is 0.253.